The zero-order valence-corrected chi connectivity index (χ0v) is 12.9. The van der Waals surface area contributed by atoms with Gasteiger partial charge in [0.15, 0.2) is 0 Å². The number of hydrogen-bond acceptors (Lipinski definition) is 5. The Bertz CT molecular complexity index is 760. The van der Waals surface area contributed by atoms with E-state index in [4.69, 9.17) is 0 Å². The second-order valence-corrected chi connectivity index (χ2v) is 5.04. The number of rotatable bonds is 5. The summed E-state index contributed by atoms with van der Waals surface area (Å²) < 4.78 is 0. The molecule has 7 heteroatoms. The lowest BCUT2D eigenvalue weighted by Crippen LogP contribution is -2.43. The van der Waals surface area contributed by atoms with E-state index in [1.165, 1.54) is 25.3 Å². The Morgan fingerprint density at radius 3 is 2.50 bits per heavy atom. The molecule has 2 aromatic rings. The summed E-state index contributed by atoms with van der Waals surface area (Å²) >= 11 is 0. The third-order valence-electron chi connectivity index (χ3n) is 3.17. The highest BCUT2D eigenvalue weighted by atomic mass is 16.3. The fourth-order valence-corrected chi connectivity index (χ4v) is 1.84. The molecule has 124 valence electrons. The van der Waals surface area contributed by atoms with Gasteiger partial charge in [-0.05, 0) is 31.2 Å². The van der Waals surface area contributed by atoms with Gasteiger partial charge in [-0.3, -0.25) is 9.59 Å². The van der Waals surface area contributed by atoms with Crippen LogP contribution < -0.4 is 10.7 Å². The van der Waals surface area contributed by atoms with Crippen LogP contribution >= 0.6 is 0 Å². The number of nitrogens with one attached hydrogen (secondary N) is 2. The minimum atomic E-state index is -0.789. The van der Waals surface area contributed by atoms with Crippen molar-refractivity contribution in [2.45, 2.75) is 13.0 Å². The van der Waals surface area contributed by atoms with E-state index in [9.17, 15) is 19.8 Å². The van der Waals surface area contributed by atoms with Crippen LogP contribution in [0.1, 0.15) is 22.8 Å². The SMILES string of the molecule is CC(NC(=O)c1ccccc1)C(=O)NN=Cc1ccc(O)cc1O. The van der Waals surface area contributed by atoms with E-state index in [2.05, 4.69) is 15.8 Å². The van der Waals surface area contributed by atoms with Crippen LogP contribution in [0, 0.1) is 0 Å². The predicted molar refractivity (Wildman–Crippen MR) is 88.9 cm³/mol. The second kappa shape index (κ2) is 7.77. The quantitative estimate of drug-likeness (QED) is 0.491. The molecule has 0 bridgehead atoms. The molecule has 0 saturated carbocycles. The van der Waals surface area contributed by atoms with Gasteiger partial charge in [0, 0.05) is 17.2 Å². The first kappa shape index (κ1) is 17.0. The zero-order valence-electron chi connectivity index (χ0n) is 12.9. The van der Waals surface area contributed by atoms with Gasteiger partial charge in [-0.25, -0.2) is 5.43 Å². The number of hydrogen-bond donors (Lipinski definition) is 4. The molecular weight excluding hydrogens is 310 g/mol. The van der Waals surface area contributed by atoms with E-state index in [-0.39, 0.29) is 17.4 Å². The first-order valence-electron chi connectivity index (χ1n) is 7.18. The molecule has 2 amide bonds. The molecule has 2 rings (SSSR count). The zero-order chi connectivity index (χ0) is 17.5. The summed E-state index contributed by atoms with van der Waals surface area (Å²) in [6.45, 7) is 1.53. The normalized spacial score (nSPS) is 11.9. The molecule has 7 nitrogen and oxygen atoms in total. The summed E-state index contributed by atoms with van der Waals surface area (Å²) in [5.41, 5.74) is 3.05. The average Bonchev–Trinajstić information content (AvgIpc) is 2.57. The molecule has 0 fully saturated rings. The van der Waals surface area contributed by atoms with Crippen LogP contribution in [0.15, 0.2) is 53.6 Å². The molecule has 2 aromatic carbocycles. The van der Waals surface area contributed by atoms with Crippen molar-refractivity contribution in [3.63, 3.8) is 0 Å². The van der Waals surface area contributed by atoms with Gasteiger partial charge in [-0.2, -0.15) is 5.10 Å². The van der Waals surface area contributed by atoms with E-state index in [1.54, 1.807) is 30.3 Å². The molecule has 0 aromatic heterocycles. The van der Waals surface area contributed by atoms with Gasteiger partial charge in [0.2, 0.25) is 0 Å². The Labute approximate surface area is 138 Å². The minimum absolute atomic E-state index is 0.0778. The summed E-state index contributed by atoms with van der Waals surface area (Å²) in [6.07, 6.45) is 1.23. The number of carbonyl (C=O) groups is 2. The molecule has 0 aliphatic rings. The van der Waals surface area contributed by atoms with Crippen molar-refractivity contribution >= 4 is 18.0 Å². The lowest BCUT2D eigenvalue weighted by Gasteiger charge is -2.12. The Balaban J connectivity index is 1.89. The van der Waals surface area contributed by atoms with E-state index >= 15 is 0 Å². The van der Waals surface area contributed by atoms with E-state index in [0.29, 0.717) is 11.1 Å². The van der Waals surface area contributed by atoms with Gasteiger partial charge in [0.1, 0.15) is 17.5 Å². The van der Waals surface area contributed by atoms with Crippen molar-refractivity contribution in [2.24, 2.45) is 5.10 Å². The van der Waals surface area contributed by atoms with E-state index in [1.807, 2.05) is 0 Å². The van der Waals surface area contributed by atoms with Gasteiger partial charge in [0.25, 0.3) is 11.8 Å². The van der Waals surface area contributed by atoms with Crippen LogP contribution in [0.2, 0.25) is 0 Å². The van der Waals surface area contributed by atoms with Crippen molar-refractivity contribution in [3.05, 3.63) is 59.7 Å². The standard InChI is InChI=1S/C17H17N3O4/c1-11(19-17(24)12-5-3-2-4-6-12)16(23)20-18-10-13-7-8-14(21)9-15(13)22/h2-11,21-22H,1H3,(H,19,24)(H,20,23). The molecule has 0 aliphatic carbocycles. The van der Waals surface area contributed by atoms with Gasteiger partial charge in [0.05, 0.1) is 6.21 Å². The fraction of sp³-hybridized carbons (Fsp3) is 0.118. The van der Waals surface area contributed by atoms with Crippen molar-refractivity contribution in [1.82, 2.24) is 10.7 Å². The number of amides is 2. The van der Waals surface area contributed by atoms with Crippen LogP contribution in [-0.2, 0) is 4.79 Å². The Hall–Kier alpha value is -3.35. The molecule has 0 saturated heterocycles. The number of carbonyl (C=O) groups excluding carboxylic acids is 2. The number of aromatic hydroxyl groups is 2. The predicted octanol–water partition coefficient (Wildman–Crippen LogP) is 1.37. The average molecular weight is 327 g/mol. The third kappa shape index (κ3) is 4.57. The van der Waals surface area contributed by atoms with Crippen LogP contribution in [0.3, 0.4) is 0 Å². The maximum absolute atomic E-state index is 11.9. The largest absolute Gasteiger partial charge is 0.508 e. The summed E-state index contributed by atoms with van der Waals surface area (Å²) in [6, 6.07) is 11.7. The second-order valence-electron chi connectivity index (χ2n) is 5.04. The number of phenols is 2. The maximum atomic E-state index is 11.9. The number of benzene rings is 2. The first-order chi connectivity index (χ1) is 11.5. The Morgan fingerprint density at radius 2 is 1.83 bits per heavy atom. The van der Waals surface area contributed by atoms with Gasteiger partial charge in [-0.15, -0.1) is 0 Å². The third-order valence-corrected chi connectivity index (χ3v) is 3.17. The van der Waals surface area contributed by atoms with Crippen LogP contribution in [0.5, 0.6) is 11.5 Å². The van der Waals surface area contributed by atoms with Crippen LogP contribution in [-0.4, -0.2) is 34.3 Å². The highest BCUT2D eigenvalue weighted by Crippen LogP contribution is 2.20. The molecule has 4 N–H and O–H groups in total. The van der Waals surface area contributed by atoms with Gasteiger partial charge < -0.3 is 15.5 Å². The summed E-state index contributed by atoms with van der Waals surface area (Å²) in [4.78, 5) is 23.8. The molecule has 0 radical (unpaired) electrons. The van der Waals surface area contributed by atoms with Crippen molar-refractivity contribution in [2.75, 3.05) is 0 Å². The number of hydrazone groups is 1. The topological polar surface area (TPSA) is 111 Å². The summed E-state index contributed by atoms with van der Waals surface area (Å²) in [7, 11) is 0. The van der Waals surface area contributed by atoms with Crippen molar-refractivity contribution in [1.29, 1.82) is 0 Å². The Kier molecular flexibility index (Phi) is 5.51. The van der Waals surface area contributed by atoms with Crippen molar-refractivity contribution in [3.8, 4) is 11.5 Å². The minimum Gasteiger partial charge on any atom is -0.508 e. The molecule has 0 heterocycles. The molecule has 0 spiro atoms. The molecule has 0 aliphatic heterocycles. The molecule has 1 atom stereocenters. The number of phenolic OH excluding ortho intramolecular Hbond substituents is 2. The van der Waals surface area contributed by atoms with Crippen LogP contribution in [0.4, 0.5) is 0 Å². The van der Waals surface area contributed by atoms with Crippen molar-refractivity contribution < 1.29 is 19.8 Å². The molecular formula is C17H17N3O4. The smallest absolute Gasteiger partial charge is 0.262 e. The van der Waals surface area contributed by atoms with Gasteiger partial charge >= 0.3 is 0 Å². The number of nitrogens with zero attached hydrogens (tertiary/aromatic N) is 1. The highest BCUT2D eigenvalue weighted by Gasteiger charge is 2.15. The summed E-state index contributed by atoms with van der Waals surface area (Å²) in [5, 5.41) is 25.0. The molecule has 24 heavy (non-hydrogen) atoms. The lowest BCUT2D eigenvalue weighted by molar-refractivity contribution is -0.122. The lowest BCUT2D eigenvalue weighted by atomic mass is 10.2. The summed E-state index contributed by atoms with van der Waals surface area (Å²) in [5.74, 6) is -1.11. The Morgan fingerprint density at radius 1 is 1.12 bits per heavy atom. The highest BCUT2D eigenvalue weighted by molar-refractivity contribution is 5.97. The monoisotopic (exact) mass is 327 g/mol. The van der Waals surface area contributed by atoms with Gasteiger partial charge in [-0.1, -0.05) is 18.2 Å². The molecule has 1 unspecified atom stereocenters. The van der Waals surface area contributed by atoms with Crippen LogP contribution in [0.25, 0.3) is 0 Å². The maximum Gasteiger partial charge on any atom is 0.262 e. The first-order valence-corrected chi connectivity index (χ1v) is 7.18. The fourth-order valence-electron chi connectivity index (χ4n) is 1.84. The van der Waals surface area contributed by atoms with E-state index < -0.39 is 11.9 Å². The van der Waals surface area contributed by atoms with E-state index in [0.717, 1.165) is 6.07 Å².